The minimum Gasteiger partial charge on any atom is -0.508 e. The second-order valence-electron chi connectivity index (χ2n) is 6.14. The lowest BCUT2D eigenvalue weighted by molar-refractivity contribution is 0.475. The molecule has 108 valence electrons. The van der Waals surface area contributed by atoms with Crippen molar-refractivity contribution in [2.45, 2.75) is 46.1 Å². The number of phenolic OH excluding ortho intramolecular Hbond substituents is 1. The molecule has 0 fully saturated rings. The molecule has 0 aliphatic heterocycles. The van der Waals surface area contributed by atoms with Crippen molar-refractivity contribution in [1.82, 2.24) is 4.98 Å². The molecule has 1 unspecified atom stereocenters. The molecule has 0 saturated heterocycles. The number of hydrogen-bond acceptors (Lipinski definition) is 4. The normalized spacial score (nSPS) is 13.2. The Morgan fingerprint density at radius 3 is 2.55 bits per heavy atom. The molecule has 0 spiro atoms. The Bertz CT molecular complexity index is 599. The van der Waals surface area contributed by atoms with Gasteiger partial charge in [0, 0.05) is 22.0 Å². The number of anilines is 1. The first kappa shape index (κ1) is 14.9. The zero-order valence-electron chi connectivity index (χ0n) is 12.7. The molecule has 1 aromatic heterocycles. The summed E-state index contributed by atoms with van der Waals surface area (Å²) < 4.78 is 0. The first-order valence-corrected chi connectivity index (χ1v) is 7.62. The number of thiazole rings is 1. The maximum Gasteiger partial charge on any atom is 0.117 e. The zero-order chi connectivity index (χ0) is 14.9. The van der Waals surface area contributed by atoms with Crippen LogP contribution in [0.1, 0.15) is 49.3 Å². The molecule has 2 aromatic rings. The predicted octanol–water partition coefficient (Wildman–Crippen LogP) is 4.63. The van der Waals surface area contributed by atoms with Gasteiger partial charge in [-0.15, -0.1) is 11.3 Å². The van der Waals surface area contributed by atoms with E-state index < -0.39 is 0 Å². The van der Waals surface area contributed by atoms with Gasteiger partial charge in [0.05, 0.1) is 16.7 Å². The minimum absolute atomic E-state index is 0.0818. The molecule has 2 N–H and O–H groups in total. The first-order valence-electron chi connectivity index (χ1n) is 6.81. The molecule has 0 aliphatic rings. The van der Waals surface area contributed by atoms with Crippen LogP contribution < -0.4 is 5.32 Å². The SMILES string of the molecule is Cc1nc(C(C)(C)C)sc1C(C)Nc1cccc(O)c1. The van der Waals surface area contributed by atoms with Crippen molar-refractivity contribution in [2.24, 2.45) is 0 Å². The Labute approximate surface area is 124 Å². The highest BCUT2D eigenvalue weighted by Crippen LogP contribution is 2.34. The van der Waals surface area contributed by atoms with Crippen molar-refractivity contribution >= 4 is 17.0 Å². The van der Waals surface area contributed by atoms with Gasteiger partial charge >= 0.3 is 0 Å². The second-order valence-corrected chi connectivity index (χ2v) is 7.17. The van der Waals surface area contributed by atoms with Crippen LogP contribution in [0.2, 0.25) is 0 Å². The van der Waals surface area contributed by atoms with Crippen molar-refractivity contribution in [3.63, 3.8) is 0 Å². The summed E-state index contributed by atoms with van der Waals surface area (Å²) in [5.41, 5.74) is 2.08. The Morgan fingerprint density at radius 1 is 1.30 bits per heavy atom. The number of aryl methyl sites for hydroxylation is 1. The molecular weight excluding hydrogens is 268 g/mol. The van der Waals surface area contributed by atoms with E-state index in [2.05, 4.69) is 39.9 Å². The van der Waals surface area contributed by atoms with Crippen LogP contribution in [-0.2, 0) is 5.41 Å². The summed E-state index contributed by atoms with van der Waals surface area (Å²) in [5, 5.41) is 14.1. The number of rotatable bonds is 3. The maximum absolute atomic E-state index is 9.51. The van der Waals surface area contributed by atoms with Crippen molar-refractivity contribution in [1.29, 1.82) is 0 Å². The third kappa shape index (κ3) is 3.31. The van der Waals surface area contributed by atoms with E-state index in [4.69, 9.17) is 4.98 Å². The van der Waals surface area contributed by atoms with E-state index in [1.54, 1.807) is 23.5 Å². The van der Waals surface area contributed by atoms with Crippen LogP contribution in [0, 0.1) is 6.92 Å². The molecule has 0 bridgehead atoms. The van der Waals surface area contributed by atoms with Crippen LogP contribution >= 0.6 is 11.3 Å². The molecule has 1 aromatic carbocycles. The first-order chi connectivity index (χ1) is 9.27. The van der Waals surface area contributed by atoms with E-state index in [9.17, 15) is 5.11 Å². The standard InChI is InChI=1S/C16H22N2OS/c1-10(17-12-7-6-8-13(19)9-12)14-11(2)18-15(20-14)16(3,4)5/h6-10,17,19H,1-5H3. The highest BCUT2D eigenvalue weighted by molar-refractivity contribution is 7.12. The number of hydrogen-bond donors (Lipinski definition) is 2. The van der Waals surface area contributed by atoms with E-state index in [1.807, 2.05) is 12.1 Å². The van der Waals surface area contributed by atoms with Crippen LogP contribution in [0.3, 0.4) is 0 Å². The lowest BCUT2D eigenvalue weighted by Gasteiger charge is -2.15. The topological polar surface area (TPSA) is 45.2 Å². The van der Waals surface area contributed by atoms with Gasteiger partial charge in [0.2, 0.25) is 0 Å². The predicted molar refractivity (Wildman–Crippen MR) is 85.7 cm³/mol. The highest BCUT2D eigenvalue weighted by Gasteiger charge is 2.22. The number of nitrogens with one attached hydrogen (secondary N) is 1. The van der Waals surface area contributed by atoms with Crippen LogP contribution in [0.15, 0.2) is 24.3 Å². The van der Waals surface area contributed by atoms with Crippen LogP contribution in [0.25, 0.3) is 0 Å². The quantitative estimate of drug-likeness (QED) is 0.866. The number of phenols is 1. The molecular formula is C16H22N2OS. The Hall–Kier alpha value is -1.55. The van der Waals surface area contributed by atoms with Gasteiger partial charge in [-0.3, -0.25) is 0 Å². The van der Waals surface area contributed by atoms with Crippen molar-refractivity contribution in [2.75, 3.05) is 5.32 Å². The maximum atomic E-state index is 9.51. The molecule has 1 atom stereocenters. The van der Waals surface area contributed by atoms with Gasteiger partial charge < -0.3 is 10.4 Å². The van der Waals surface area contributed by atoms with Crippen molar-refractivity contribution in [3.05, 3.63) is 39.8 Å². The summed E-state index contributed by atoms with van der Waals surface area (Å²) >= 11 is 1.76. The van der Waals surface area contributed by atoms with Gasteiger partial charge in [-0.2, -0.15) is 0 Å². The summed E-state index contributed by atoms with van der Waals surface area (Å²) in [5.74, 6) is 0.276. The monoisotopic (exact) mass is 290 g/mol. The Kier molecular flexibility index (Phi) is 4.04. The fraction of sp³-hybridized carbons (Fsp3) is 0.438. The number of aromatic nitrogens is 1. The summed E-state index contributed by atoms with van der Waals surface area (Å²) in [4.78, 5) is 5.94. The average molecular weight is 290 g/mol. The summed E-state index contributed by atoms with van der Waals surface area (Å²) in [6.07, 6.45) is 0. The van der Waals surface area contributed by atoms with E-state index in [1.165, 1.54) is 4.88 Å². The molecule has 0 aliphatic carbocycles. The van der Waals surface area contributed by atoms with Crippen molar-refractivity contribution in [3.8, 4) is 5.75 Å². The van der Waals surface area contributed by atoms with Gasteiger partial charge in [-0.05, 0) is 26.0 Å². The number of aromatic hydroxyl groups is 1. The summed E-state index contributed by atoms with van der Waals surface area (Å²) in [6.45, 7) is 10.7. The van der Waals surface area contributed by atoms with Gasteiger partial charge in [-0.25, -0.2) is 4.98 Å². The molecule has 2 rings (SSSR count). The lowest BCUT2D eigenvalue weighted by Crippen LogP contribution is -2.10. The fourth-order valence-electron chi connectivity index (χ4n) is 2.04. The summed E-state index contributed by atoms with van der Waals surface area (Å²) in [6, 6.07) is 7.37. The number of benzene rings is 1. The van der Waals surface area contributed by atoms with E-state index in [-0.39, 0.29) is 17.2 Å². The van der Waals surface area contributed by atoms with E-state index >= 15 is 0 Å². The molecule has 4 heteroatoms. The smallest absolute Gasteiger partial charge is 0.117 e. The largest absolute Gasteiger partial charge is 0.508 e. The van der Waals surface area contributed by atoms with E-state index in [0.717, 1.165) is 16.4 Å². The highest BCUT2D eigenvalue weighted by atomic mass is 32.1. The zero-order valence-corrected chi connectivity index (χ0v) is 13.5. The number of nitrogens with zero attached hydrogens (tertiary/aromatic N) is 1. The average Bonchev–Trinajstić information content (AvgIpc) is 2.71. The third-order valence-electron chi connectivity index (χ3n) is 3.10. The van der Waals surface area contributed by atoms with Crippen LogP contribution in [0.5, 0.6) is 5.75 Å². The minimum atomic E-state index is 0.0818. The molecule has 1 heterocycles. The van der Waals surface area contributed by atoms with E-state index in [0.29, 0.717) is 0 Å². The van der Waals surface area contributed by atoms with Gasteiger partial charge in [0.25, 0.3) is 0 Å². The second kappa shape index (κ2) is 5.44. The Balaban J connectivity index is 2.21. The van der Waals surface area contributed by atoms with Crippen molar-refractivity contribution < 1.29 is 5.11 Å². The van der Waals surface area contributed by atoms with Crippen LogP contribution in [-0.4, -0.2) is 10.1 Å². The molecule has 0 amide bonds. The third-order valence-corrected chi connectivity index (χ3v) is 4.86. The van der Waals surface area contributed by atoms with Gasteiger partial charge in [-0.1, -0.05) is 26.8 Å². The Morgan fingerprint density at radius 2 is 2.00 bits per heavy atom. The van der Waals surface area contributed by atoms with Gasteiger partial charge in [0.1, 0.15) is 5.75 Å². The van der Waals surface area contributed by atoms with Gasteiger partial charge in [0.15, 0.2) is 0 Å². The summed E-state index contributed by atoms with van der Waals surface area (Å²) in [7, 11) is 0. The fourth-order valence-corrected chi connectivity index (χ4v) is 3.17. The molecule has 0 radical (unpaired) electrons. The molecule has 0 saturated carbocycles. The molecule has 20 heavy (non-hydrogen) atoms. The lowest BCUT2D eigenvalue weighted by atomic mass is 9.98. The molecule has 3 nitrogen and oxygen atoms in total. The van der Waals surface area contributed by atoms with Crippen LogP contribution in [0.4, 0.5) is 5.69 Å².